The molecule has 1 N–H and O–H groups in total. The molecule has 1 saturated heterocycles. The fourth-order valence-electron chi connectivity index (χ4n) is 4.45. The van der Waals surface area contributed by atoms with Crippen LogP contribution in [0.2, 0.25) is 0 Å². The Morgan fingerprint density at radius 2 is 2.06 bits per heavy atom. The molecule has 1 aliphatic heterocycles. The van der Waals surface area contributed by atoms with E-state index in [2.05, 4.69) is 38.7 Å². The number of hydrogen-bond donors (Lipinski definition) is 1. The van der Waals surface area contributed by atoms with E-state index in [1.165, 1.54) is 0 Å². The fraction of sp³-hybridized carbons (Fsp3) is 0.423. The molecule has 1 atom stereocenters. The number of aromatic nitrogens is 5. The zero-order valence-electron chi connectivity index (χ0n) is 21.1. The van der Waals surface area contributed by atoms with Crippen molar-refractivity contribution in [2.24, 2.45) is 5.92 Å². The first-order chi connectivity index (χ1) is 17.4. The van der Waals surface area contributed by atoms with Crippen molar-refractivity contribution in [2.45, 2.75) is 46.8 Å². The molecule has 0 aliphatic carbocycles. The Morgan fingerprint density at radius 3 is 2.83 bits per heavy atom. The summed E-state index contributed by atoms with van der Waals surface area (Å²) in [5.74, 6) is 2.75. The molecule has 1 aromatic carbocycles. The van der Waals surface area contributed by atoms with Crippen LogP contribution in [-0.4, -0.2) is 55.0 Å². The highest BCUT2D eigenvalue weighted by atomic mass is 32.1. The number of benzene rings is 1. The number of morpholine rings is 1. The lowest BCUT2D eigenvalue weighted by molar-refractivity contribution is -0.139. The number of thiazole rings is 1. The van der Waals surface area contributed by atoms with Gasteiger partial charge in [0.05, 0.1) is 29.9 Å². The Hall–Kier alpha value is -3.37. The van der Waals surface area contributed by atoms with Crippen LogP contribution in [0.15, 0.2) is 36.5 Å². The van der Waals surface area contributed by atoms with Crippen LogP contribution in [-0.2, 0) is 22.5 Å². The summed E-state index contributed by atoms with van der Waals surface area (Å²) in [5, 5.41) is 4.04. The van der Waals surface area contributed by atoms with E-state index < -0.39 is 0 Å². The van der Waals surface area contributed by atoms with E-state index in [-0.39, 0.29) is 18.6 Å². The molecule has 0 saturated carbocycles. The van der Waals surface area contributed by atoms with E-state index in [0.29, 0.717) is 37.3 Å². The Bertz CT molecular complexity index is 1380. The number of ether oxygens (including phenoxy) is 1. The summed E-state index contributed by atoms with van der Waals surface area (Å²) in [4.78, 5) is 34.7. The van der Waals surface area contributed by atoms with Crippen molar-refractivity contribution in [3.8, 4) is 0 Å². The zero-order chi connectivity index (χ0) is 25.2. The summed E-state index contributed by atoms with van der Waals surface area (Å²) in [6, 6.07) is 9.89. The number of rotatable bonds is 7. The first kappa shape index (κ1) is 24.3. The van der Waals surface area contributed by atoms with Gasteiger partial charge in [0, 0.05) is 30.1 Å². The van der Waals surface area contributed by atoms with Crippen LogP contribution in [0.3, 0.4) is 0 Å². The van der Waals surface area contributed by atoms with Crippen molar-refractivity contribution in [1.29, 1.82) is 0 Å². The number of amides is 1. The molecule has 3 aromatic heterocycles. The van der Waals surface area contributed by atoms with Crippen molar-refractivity contribution >= 4 is 39.2 Å². The molecule has 0 spiro atoms. The van der Waals surface area contributed by atoms with Crippen LogP contribution in [0.25, 0.3) is 11.0 Å². The molecule has 10 heteroatoms. The minimum atomic E-state index is -0.322. The summed E-state index contributed by atoms with van der Waals surface area (Å²) >= 11 is 1.57. The highest BCUT2D eigenvalue weighted by Gasteiger charge is 2.28. The average molecular weight is 506 g/mol. The van der Waals surface area contributed by atoms with Gasteiger partial charge in [-0.1, -0.05) is 26.0 Å². The molecule has 0 bridgehead atoms. The molecule has 1 fully saturated rings. The predicted molar refractivity (Wildman–Crippen MR) is 140 cm³/mol. The number of nitrogens with zero attached hydrogens (tertiary/aromatic N) is 6. The van der Waals surface area contributed by atoms with Gasteiger partial charge in [-0.15, -0.1) is 11.3 Å². The molecule has 4 aromatic rings. The van der Waals surface area contributed by atoms with Gasteiger partial charge in [0.15, 0.2) is 5.13 Å². The molecule has 4 heterocycles. The van der Waals surface area contributed by atoms with Gasteiger partial charge in [0.2, 0.25) is 5.91 Å². The molecule has 5 rings (SSSR count). The highest BCUT2D eigenvalue weighted by Crippen LogP contribution is 2.26. The van der Waals surface area contributed by atoms with Crippen molar-refractivity contribution < 1.29 is 9.53 Å². The monoisotopic (exact) mass is 505 g/mol. The van der Waals surface area contributed by atoms with Crippen LogP contribution in [0, 0.1) is 19.8 Å². The summed E-state index contributed by atoms with van der Waals surface area (Å²) in [5.41, 5.74) is 2.67. The predicted octanol–water partition coefficient (Wildman–Crippen LogP) is 4.44. The van der Waals surface area contributed by atoms with Gasteiger partial charge in [0.1, 0.15) is 30.1 Å². The number of aryl methyl sites for hydroxylation is 2. The first-order valence-corrected chi connectivity index (χ1v) is 13.1. The number of hydrogen-bond acceptors (Lipinski definition) is 8. The number of nitrogens with one attached hydrogen (secondary N) is 1. The summed E-state index contributed by atoms with van der Waals surface area (Å²) in [6.45, 7) is 9.91. The largest absolute Gasteiger partial charge is 0.368 e. The number of fused-ring (bicyclic) bond motifs is 1. The molecule has 36 heavy (non-hydrogen) atoms. The topological polar surface area (TPSA) is 98.1 Å². The lowest BCUT2D eigenvalue weighted by Gasteiger charge is -2.33. The maximum absolute atomic E-state index is 13.5. The minimum Gasteiger partial charge on any atom is -0.368 e. The second-order valence-corrected chi connectivity index (χ2v) is 10.8. The average Bonchev–Trinajstić information content (AvgIpc) is 3.41. The second-order valence-electron chi connectivity index (χ2n) is 9.53. The van der Waals surface area contributed by atoms with Gasteiger partial charge in [-0.3, -0.25) is 4.79 Å². The fourth-order valence-corrected chi connectivity index (χ4v) is 5.13. The zero-order valence-corrected chi connectivity index (χ0v) is 21.9. The van der Waals surface area contributed by atoms with Crippen LogP contribution in [0.5, 0.6) is 0 Å². The number of carbonyl (C=O) groups is 1. The summed E-state index contributed by atoms with van der Waals surface area (Å²) < 4.78 is 8.11. The summed E-state index contributed by atoms with van der Waals surface area (Å²) in [7, 11) is 0. The van der Waals surface area contributed by atoms with Gasteiger partial charge < -0.3 is 19.5 Å². The standard InChI is InChI=1S/C26H31N7O2S/c1-16(2)11-24-30-19-7-5-6-8-21(19)33(24)15-25(34)32-9-10-35-22(14-32)20-12-23(29-18(4)28-20)31-26-27-13-17(3)36-26/h5-8,12-13,16,22H,9-11,14-15H2,1-4H3,(H,27,28,29,31)/t22-/m0/s1. The Labute approximate surface area is 214 Å². The van der Waals surface area contributed by atoms with Gasteiger partial charge >= 0.3 is 0 Å². The van der Waals surface area contributed by atoms with Gasteiger partial charge in [-0.2, -0.15) is 0 Å². The normalized spacial score (nSPS) is 16.1. The lowest BCUT2D eigenvalue weighted by atomic mass is 10.1. The van der Waals surface area contributed by atoms with E-state index in [9.17, 15) is 4.79 Å². The maximum atomic E-state index is 13.5. The van der Waals surface area contributed by atoms with Crippen LogP contribution in [0.1, 0.15) is 42.2 Å². The van der Waals surface area contributed by atoms with Crippen LogP contribution >= 0.6 is 11.3 Å². The number of para-hydroxylation sites is 2. The van der Waals surface area contributed by atoms with E-state index in [4.69, 9.17) is 9.72 Å². The molecule has 1 amide bonds. The first-order valence-electron chi connectivity index (χ1n) is 12.2. The lowest BCUT2D eigenvalue weighted by Crippen LogP contribution is -2.44. The Morgan fingerprint density at radius 1 is 1.22 bits per heavy atom. The second kappa shape index (κ2) is 10.3. The van der Waals surface area contributed by atoms with Gasteiger partial charge in [-0.25, -0.2) is 19.9 Å². The van der Waals surface area contributed by atoms with Crippen molar-refractivity contribution in [2.75, 3.05) is 25.0 Å². The van der Waals surface area contributed by atoms with E-state index in [1.54, 1.807) is 11.3 Å². The van der Waals surface area contributed by atoms with Crippen LogP contribution in [0.4, 0.5) is 10.9 Å². The Kier molecular flexibility index (Phi) is 6.97. The molecular formula is C26H31N7O2S. The third-order valence-corrected chi connectivity index (χ3v) is 6.91. The molecule has 0 unspecified atom stereocenters. The quantitative estimate of drug-likeness (QED) is 0.396. The number of imidazole rings is 1. The number of anilines is 2. The third kappa shape index (κ3) is 5.39. The Balaban J connectivity index is 1.33. The third-order valence-electron chi connectivity index (χ3n) is 6.08. The van der Waals surface area contributed by atoms with E-state index in [0.717, 1.165) is 39.0 Å². The van der Waals surface area contributed by atoms with Crippen LogP contribution < -0.4 is 5.32 Å². The minimum absolute atomic E-state index is 0.0545. The van der Waals surface area contributed by atoms with Crippen molar-refractivity contribution in [3.63, 3.8) is 0 Å². The maximum Gasteiger partial charge on any atom is 0.242 e. The van der Waals surface area contributed by atoms with Gasteiger partial charge in [-0.05, 0) is 31.9 Å². The molecule has 0 radical (unpaired) electrons. The van der Waals surface area contributed by atoms with Crippen molar-refractivity contribution in [3.05, 3.63) is 58.7 Å². The summed E-state index contributed by atoms with van der Waals surface area (Å²) in [6.07, 6.45) is 2.33. The smallest absolute Gasteiger partial charge is 0.242 e. The van der Waals surface area contributed by atoms with Gasteiger partial charge in [0.25, 0.3) is 0 Å². The highest BCUT2D eigenvalue weighted by molar-refractivity contribution is 7.15. The SMILES string of the molecule is Cc1nc(Nc2ncc(C)s2)cc([C@@H]2CN(C(=O)Cn3c(CC(C)C)nc4ccccc43)CCO2)n1. The van der Waals surface area contributed by atoms with E-state index >= 15 is 0 Å². The molecular weight excluding hydrogens is 474 g/mol. The van der Waals surface area contributed by atoms with Crippen molar-refractivity contribution in [1.82, 2.24) is 29.4 Å². The number of carbonyl (C=O) groups excluding carboxylic acids is 1. The molecule has 9 nitrogen and oxygen atoms in total. The van der Waals surface area contributed by atoms with E-state index in [1.807, 2.05) is 55.3 Å². The molecule has 188 valence electrons. The molecule has 1 aliphatic rings.